The summed E-state index contributed by atoms with van der Waals surface area (Å²) in [5.41, 5.74) is 2.13. The van der Waals surface area contributed by atoms with Gasteiger partial charge in [0.25, 0.3) is 0 Å². The molecule has 104 valence electrons. The first kappa shape index (κ1) is 14.5. The Hall–Kier alpha value is -1.88. The van der Waals surface area contributed by atoms with Crippen molar-refractivity contribution in [3.05, 3.63) is 41.5 Å². The van der Waals surface area contributed by atoms with Crippen LogP contribution in [0.5, 0.6) is 0 Å². The zero-order valence-corrected chi connectivity index (χ0v) is 12.4. The highest BCUT2D eigenvalue weighted by Gasteiger charge is 2.28. The number of hydrogen-bond acceptors (Lipinski definition) is 4. The molecule has 2 rings (SSSR count). The molecule has 1 aromatic rings. The van der Waals surface area contributed by atoms with Gasteiger partial charge in [-0.05, 0) is 24.5 Å². The van der Waals surface area contributed by atoms with Crippen molar-refractivity contribution in [3.8, 4) is 0 Å². The first-order chi connectivity index (χ1) is 9.69. The largest absolute Gasteiger partial charge is 0.303 e. The second-order valence-corrected chi connectivity index (χ2v) is 5.64. The van der Waals surface area contributed by atoms with Crippen LogP contribution in [0.4, 0.5) is 0 Å². The molecule has 1 aliphatic heterocycles. The van der Waals surface area contributed by atoms with Crippen LogP contribution in [0.15, 0.2) is 46.1 Å². The van der Waals surface area contributed by atoms with Gasteiger partial charge in [-0.25, -0.2) is 0 Å². The van der Waals surface area contributed by atoms with Gasteiger partial charge in [-0.15, -0.1) is 5.10 Å². The molecular weight excluding hydrogens is 270 g/mol. The molecule has 1 atom stereocenters. The number of amides is 1. The second kappa shape index (κ2) is 7.05. The second-order valence-electron chi connectivity index (χ2n) is 4.45. The fourth-order valence-electron chi connectivity index (χ4n) is 1.74. The Balaban J connectivity index is 1.97. The summed E-state index contributed by atoms with van der Waals surface area (Å²) >= 11 is 1.43. The molecule has 5 heteroatoms. The Labute approximate surface area is 123 Å². The molecule has 0 radical (unpaired) electrons. The van der Waals surface area contributed by atoms with E-state index in [0.717, 1.165) is 17.6 Å². The molecule has 1 unspecified atom stereocenters. The Morgan fingerprint density at radius 1 is 1.40 bits per heavy atom. The number of amidine groups is 1. The predicted octanol–water partition coefficient (Wildman–Crippen LogP) is 3.07. The van der Waals surface area contributed by atoms with Gasteiger partial charge in [0.15, 0.2) is 5.17 Å². The monoisotopic (exact) mass is 287 g/mol. The van der Waals surface area contributed by atoms with E-state index < -0.39 is 0 Å². The van der Waals surface area contributed by atoms with Crippen molar-refractivity contribution >= 4 is 35.1 Å². The van der Waals surface area contributed by atoms with Crippen molar-refractivity contribution in [2.45, 2.75) is 25.5 Å². The topological polar surface area (TPSA) is 53.8 Å². The van der Waals surface area contributed by atoms with E-state index in [-0.39, 0.29) is 11.2 Å². The average molecular weight is 287 g/mol. The van der Waals surface area contributed by atoms with Crippen LogP contribution in [-0.2, 0) is 4.79 Å². The molecule has 4 nitrogen and oxygen atoms in total. The number of benzene rings is 1. The molecule has 1 amide bonds. The molecular formula is C15H17N3OS. The molecule has 0 aliphatic carbocycles. The van der Waals surface area contributed by atoms with E-state index in [0.29, 0.717) is 5.17 Å². The number of carbonyl (C=O) groups is 1. The predicted molar refractivity (Wildman–Crippen MR) is 85.8 cm³/mol. The highest BCUT2D eigenvalue weighted by Crippen LogP contribution is 2.21. The minimum atomic E-state index is -0.0371. The summed E-state index contributed by atoms with van der Waals surface area (Å²) in [6.07, 6.45) is 4.51. The number of carbonyl (C=O) groups excluding carboxylic acids is 1. The molecule has 1 aliphatic rings. The minimum absolute atomic E-state index is 0.0167. The molecule has 0 aromatic heterocycles. The lowest BCUT2D eigenvalue weighted by Gasteiger charge is -1.95. The van der Waals surface area contributed by atoms with E-state index in [1.54, 1.807) is 6.21 Å². The van der Waals surface area contributed by atoms with Crippen LogP contribution >= 0.6 is 11.8 Å². The number of allylic oxidation sites excluding steroid dienone is 1. The zero-order valence-electron chi connectivity index (χ0n) is 11.5. The quantitative estimate of drug-likeness (QED) is 0.683. The summed E-state index contributed by atoms with van der Waals surface area (Å²) < 4.78 is 0. The molecule has 20 heavy (non-hydrogen) atoms. The van der Waals surface area contributed by atoms with Gasteiger partial charge >= 0.3 is 0 Å². The van der Waals surface area contributed by atoms with Crippen molar-refractivity contribution in [2.75, 3.05) is 0 Å². The van der Waals surface area contributed by atoms with Gasteiger partial charge in [-0.3, -0.25) is 4.79 Å². The normalized spacial score (nSPS) is 21.7. The number of thioether (sulfide) groups is 1. The minimum Gasteiger partial charge on any atom is -0.303 e. The highest BCUT2D eigenvalue weighted by molar-refractivity contribution is 8.15. The highest BCUT2D eigenvalue weighted by atomic mass is 32.2. The van der Waals surface area contributed by atoms with Crippen LogP contribution in [0.2, 0.25) is 0 Å². The third kappa shape index (κ3) is 4.06. The van der Waals surface area contributed by atoms with Crippen molar-refractivity contribution < 1.29 is 4.79 Å². The number of nitrogens with zero attached hydrogens (tertiary/aromatic N) is 2. The van der Waals surface area contributed by atoms with Crippen molar-refractivity contribution in [3.63, 3.8) is 0 Å². The maximum absolute atomic E-state index is 11.5. The van der Waals surface area contributed by atoms with Gasteiger partial charge < -0.3 is 5.32 Å². The van der Waals surface area contributed by atoms with Gasteiger partial charge in [-0.1, -0.05) is 55.1 Å². The number of hydrogen-bond donors (Lipinski definition) is 1. The first-order valence-electron chi connectivity index (χ1n) is 6.51. The van der Waals surface area contributed by atoms with Crippen LogP contribution in [0.3, 0.4) is 0 Å². The van der Waals surface area contributed by atoms with Gasteiger partial charge in [0.05, 0.1) is 11.5 Å². The standard InChI is InChI=1S/C15H17N3OS/c1-3-13-14(19)17-15(20-13)18-16-10-11(2)9-12-7-5-4-6-8-12/h4-10,13H,3H2,1-2H3,(H,17,18,19)/b11-9-,16-10-. The fourth-order valence-corrected chi connectivity index (χ4v) is 2.60. The van der Waals surface area contributed by atoms with E-state index in [1.807, 2.05) is 50.3 Å². The van der Waals surface area contributed by atoms with Gasteiger partial charge in [-0.2, -0.15) is 5.10 Å². The summed E-state index contributed by atoms with van der Waals surface area (Å²) in [5, 5.41) is 11.3. The summed E-state index contributed by atoms with van der Waals surface area (Å²) in [7, 11) is 0. The van der Waals surface area contributed by atoms with Crippen LogP contribution in [0.25, 0.3) is 6.08 Å². The maximum Gasteiger partial charge on any atom is 0.239 e. The first-order valence-corrected chi connectivity index (χ1v) is 7.39. The Kier molecular flexibility index (Phi) is 5.12. The van der Waals surface area contributed by atoms with Crippen LogP contribution in [-0.4, -0.2) is 22.5 Å². The Morgan fingerprint density at radius 2 is 2.15 bits per heavy atom. The maximum atomic E-state index is 11.5. The van der Waals surface area contributed by atoms with Crippen molar-refractivity contribution in [2.24, 2.45) is 10.2 Å². The zero-order chi connectivity index (χ0) is 14.4. The molecule has 1 fully saturated rings. The van der Waals surface area contributed by atoms with E-state index in [4.69, 9.17) is 0 Å². The molecule has 1 heterocycles. The van der Waals surface area contributed by atoms with Gasteiger partial charge in [0, 0.05) is 0 Å². The summed E-state index contributed by atoms with van der Waals surface area (Å²) in [6, 6.07) is 10.0. The Bertz CT molecular complexity index is 564. The van der Waals surface area contributed by atoms with Crippen LogP contribution in [0.1, 0.15) is 25.8 Å². The van der Waals surface area contributed by atoms with E-state index in [9.17, 15) is 4.79 Å². The third-order valence-corrected chi connectivity index (χ3v) is 3.99. The molecule has 0 bridgehead atoms. The summed E-state index contributed by atoms with van der Waals surface area (Å²) in [6.45, 7) is 3.95. The molecule has 0 saturated carbocycles. The SMILES string of the molecule is CCC1S/C(=N/N=C\C(C)=C/c2ccccc2)NC1=O. The third-order valence-electron chi connectivity index (χ3n) is 2.75. The van der Waals surface area contributed by atoms with E-state index in [2.05, 4.69) is 15.5 Å². The fraction of sp³-hybridized carbons (Fsp3) is 0.267. The molecule has 0 spiro atoms. The van der Waals surface area contributed by atoms with E-state index >= 15 is 0 Å². The van der Waals surface area contributed by atoms with Gasteiger partial charge in [0.1, 0.15) is 0 Å². The van der Waals surface area contributed by atoms with Gasteiger partial charge in [0.2, 0.25) is 5.91 Å². The number of rotatable bonds is 4. The van der Waals surface area contributed by atoms with Crippen molar-refractivity contribution in [1.82, 2.24) is 5.32 Å². The molecule has 1 N–H and O–H groups in total. The van der Waals surface area contributed by atoms with E-state index in [1.165, 1.54) is 11.8 Å². The smallest absolute Gasteiger partial charge is 0.239 e. The lowest BCUT2D eigenvalue weighted by atomic mass is 10.1. The van der Waals surface area contributed by atoms with Crippen LogP contribution in [0, 0.1) is 0 Å². The van der Waals surface area contributed by atoms with Crippen LogP contribution < -0.4 is 5.32 Å². The number of nitrogens with one attached hydrogen (secondary N) is 1. The van der Waals surface area contributed by atoms with Crippen molar-refractivity contribution in [1.29, 1.82) is 0 Å². The summed E-state index contributed by atoms with van der Waals surface area (Å²) in [5.74, 6) is 0.0167. The molecule has 1 aromatic carbocycles. The lowest BCUT2D eigenvalue weighted by Crippen LogP contribution is -2.24. The summed E-state index contributed by atoms with van der Waals surface area (Å²) in [4.78, 5) is 11.5. The Morgan fingerprint density at radius 3 is 2.80 bits per heavy atom. The molecule has 1 saturated heterocycles. The lowest BCUT2D eigenvalue weighted by molar-refractivity contribution is -0.118. The average Bonchev–Trinajstić information content (AvgIpc) is 2.80.